The summed E-state index contributed by atoms with van der Waals surface area (Å²) in [5, 5.41) is -0.245. The van der Waals surface area contributed by atoms with Crippen LogP contribution in [0.5, 0.6) is 0 Å². The molecule has 7 nitrogen and oxygen atoms in total. The number of sulfonamides is 2. The standard InChI is InChI=1S/C18H26N2O5S2/c1-25-13-16-3-2-9-20(16)27(23,24)18-5-4-14-8-10-19(12-15(14)11-18)26(21,22)17-6-7-17/h4-5,11,16-17H,2-3,6-10,12-13H2,1H3. The van der Waals surface area contributed by atoms with Gasteiger partial charge in [-0.05, 0) is 55.4 Å². The maximum atomic E-state index is 13.1. The number of hydrogen-bond acceptors (Lipinski definition) is 5. The Balaban J connectivity index is 1.61. The average Bonchev–Trinajstić information content (AvgIpc) is 3.41. The van der Waals surface area contributed by atoms with Crippen LogP contribution >= 0.6 is 0 Å². The highest BCUT2D eigenvalue weighted by Crippen LogP contribution is 2.34. The Morgan fingerprint density at radius 1 is 1.07 bits per heavy atom. The number of hydrogen-bond donors (Lipinski definition) is 0. The first-order valence-corrected chi connectivity index (χ1v) is 12.4. The summed E-state index contributed by atoms with van der Waals surface area (Å²) in [4.78, 5) is 0.245. The molecule has 150 valence electrons. The Kier molecular flexibility index (Phi) is 5.09. The highest BCUT2D eigenvalue weighted by Gasteiger charge is 2.41. The molecule has 9 heteroatoms. The van der Waals surface area contributed by atoms with Crippen LogP contribution in [0.4, 0.5) is 0 Å². The van der Waals surface area contributed by atoms with E-state index in [4.69, 9.17) is 4.74 Å². The van der Waals surface area contributed by atoms with Gasteiger partial charge in [0, 0.05) is 32.8 Å². The zero-order valence-corrected chi connectivity index (χ0v) is 17.1. The van der Waals surface area contributed by atoms with Gasteiger partial charge in [-0.1, -0.05) is 6.07 Å². The van der Waals surface area contributed by atoms with Crippen LogP contribution in [0.3, 0.4) is 0 Å². The van der Waals surface area contributed by atoms with Crippen molar-refractivity contribution in [2.75, 3.05) is 26.8 Å². The molecule has 0 bridgehead atoms. The maximum Gasteiger partial charge on any atom is 0.243 e. The molecule has 0 N–H and O–H groups in total. The number of rotatable bonds is 6. The van der Waals surface area contributed by atoms with E-state index in [9.17, 15) is 16.8 Å². The van der Waals surface area contributed by atoms with Gasteiger partial charge in [-0.2, -0.15) is 8.61 Å². The van der Waals surface area contributed by atoms with Crippen molar-refractivity contribution in [2.24, 2.45) is 0 Å². The number of nitrogens with zero attached hydrogens (tertiary/aromatic N) is 2. The highest BCUT2D eigenvalue weighted by molar-refractivity contribution is 7.90. The molecule has 0 spiro atoms. The van der Waals surface area contributed by atoms with Crippen LogP contribution in [-0.2, 0) is 37.7 Å². The van der Waals surface area contributed by atoms with Crippen molar-refractivity contribution >= 4 is 20.0 Å². The molecule has 4 rings (SSSR count). The van der Waals surface area contributed by atoms with E-state index in [0.29, 0.717) is 26.1 Å². The Morgan fingerprint density at radius 2 is 1.85 bits per heavy atom. The first-order chi connectivity index (χ1) is 12.8. The van der Waals surface area contributed by atoms with Gasteiger partial charge in [0.15, 0.2) is 0 Å². The fourth-order valence-corrected chi connectivity index (χ4v) is 7.63. The third kappa shape index (κ3) is 3.55. The summed E-state index contributed by atoms with van der Waals surface area (Å²) in [5.41, 5.74) is 1.83. The van der Waals surface area contributed by atoms with Gasteiger partial charge in [-0.25, -0.2) is 16.8 Å². The molecule has 1 atom stereocenters. The molecule has 1 unspecified atom stereocenters. The summed E-state index contributed by atoms with van der Waals surface area (Å²) >= 11 is 0. The monoisotopic (exact) mass is 414 g/mol. The molecular weight excluding hydrogens is 388 g/mol. The number of ether oxygens (including phenoxy) is 1. The van der Waals surface area contributed by atoms with Crippen LogP contribution in [0.2, 0.25) is 0 Å². The molecule has 0 amide bonds. The van der Waals surface area contributed by atoms with E-state index in [1.807, 2.05) is 6.07 Å². The first kappa shape index (κ1) is 19.3. The zero-order valence-electron chi connectivity index (χ0n) is 15.5. The van der Waals surface area contributed by atoms with E-state index >= 15 is 0 Å². The molecule has 1 aliphatic carbocycles. The lowest BCUT2D eigenvalue weighted by Crippen LogP contribution is -2.39. The van der Waals surface area contributed by atoms with Crippen LogP contribution in [-0.4, -0.2) is 63.5 Å². The zero-order chi connectivity index (χ0) is 19.2. The fraction of sp³-hybridized carbons (Fsp3) is 0.667. The lowest BCUT2D eigenvalue weighted by atomic mass is 10.0. The lowest BCUT2D eigenvalue weighted by molar-refractivity contribution is 0.149. The molecule has 1 aromatic rings. The first-order valence-electron chi connectivity index (χ1n) is 9.45. The maximum absolute atomic E-state index is 13.1. The Labute approximate surface area is 161 Å². The Morgan fingerprint density at radius 3 is 2.56 bits per heavy atom. The number of fused-ring (bicyclic) bond motifs is 1. The largest absolute Gasteiger partial charge is 0.383 e. The van der Waals surface area contributed by atoms with Crippen molar-refractivity contribution < 1.29 is 21.6 Å². The molecule has 2 fully saturated rings. The van der Waals surface area contributed by atoms with E-state index in [-0.39, 0.29) is 22.7 Å². The van der Waals surface area contributed by atoms with Crippen molar-refractivity contribution in [1.82, 2.24) is 8.61 Å². The van der Waals surface area contributed by atoms with E-state index in [0.717, 1.165) is 36.8 Å². The van der Waals surface area contributed by atoms with E-state index in [1.54, 1.807) is 19.2 Å². The summed E-state index contributed by atoms with van der Waals surface area (Å²) in [6, 6.07) is 5.02. The molecule has 1 saturated carbocycles. The van der Waals surface area contributed by atoms with Gasteiger partial charge >= 0.3 is 0 Å². The van der Waals surface area contributed by atoms with Crippen LogP contribution in [0.15, 0.2) is 23.1 Å². The Bertz CT molecular complexity index is 925. The predicted octanol–water partition coefficient (Wildman–Crippen LogP) is 1.34. The minimum absolute atomic E-state index is 0.136. The third-order valence-corrected chi connectivity index (χ3v) is 10.0. The van der Waals surface area contributed by atoms with Gasteiger partial charge in [-0.15, -0.1) is 0 Å². The van der Waals surface area contributed by atoms with Gasteiger partial charge in [0.2, 0.25) is 20.0 Å². The molecule has 2 aliphatic heterocycles. The smallest absolute Gasteiger partial charge is 0.243 e. The van der Waals surface area contributed by atoms with Crippen LogP contribution < -0.4 is 0 Å². The van der Waals surface area contributed by atoms with Crippen molar-refractivity contribution in [3.8, 4) is 0 Å². The van der Waals surface area contributed by atoms with Crippen molar-refractivity contribution in [3.63, 3.8) is 0 Å². The second kappa shape index (κ2) is 7.11. The second-order valence-electron chi connectivity index (χ2n) is 7.63. The number of benzene rings is 1. The van der Waals surface area contributed by atoms with Crippen LogP contribution in [0, 0.1) is 0 Å². The summed E-state index contributed by atoms with van der Waals surface area (Å²) < 4.78 is 59.6. The second-order valence-corrected chi connectivity index (χ2v) is 11.7. The average molecular weight is 415 g/mol. The van der Waals surface area contributed by atoms with Gasteiger partial charge < -0.3 is 4.74 Å². The van der Waals surface area contributed by atoms with E-state index in [2.05, 4.69) is 0 Å². The quantitative estimate of drug-likeness (QED) is 0.701. The Hall–Kier alpha value is -1.00. The molecule has 0 radical (unpaired) electrons. The third-order valence-electron chi connectivity index (χ3n) is 5.75. The van der Waals surface area contributed by atoms with Crippen molar-refractivity contribution in [3.05, 3.63) is 29.3 Å². The predicted molar refractivity (Wildman–Crippen MR) is 101 cm³/mol. The highest BCUT2D eigenvalue weighted by atomic mass is 32.2. The van der Waals surface area contributed by atoms with Gasteiger partial charge in [0.25, 0.3) is 0 Å². The van der Waals surface area contributed by atoms with Crippen molar-refractivity contribution in [2.45, 2.75) is 54.8 Å². The minimum Gasteiger partial charge on any atom is -0.383 e. The summed E-state index contributed by atoms with van der Waals surface area (Å²) in [5.74, 6) is 0. The summed E-state index contributed by atoms with van der Waals surface area (Å²) in [7, 11) is -5.29. The fourth-order valence-electron chi connectivity index (χ4n) is 4.08. The van der Waals surface area contributed by atoms with Crippen molar-refractivity contribution in [1.29, 1.82) is 0 Å². The van der Waals surface area contributed by atoms with E-state index < -0.39 is 20.0 Å². The lowest BCUT2D eigenvalue weighted by Gasteiger charge is -2.29. The van der Waals surface area contributed by atoms with E-state index in [1.165, 1.54) is 8.61 Å². The van der Waals surface area contributed by atoms with Gasteiger partial charge in [0.05, 0.1) is 16.8 Å². The molecular formula is C18H26N2O5S2. The molecule has 27 heavy (non-hydrogen) atoms. The summed E-state index contributed by atoms with van der Waals surface area (Å²) in [6.45, 7) is 1.62. The van der Waals surface area contributed by atoms with Gasteiger partial charge in [-0.3, -0.25) is 0 Å². The number of methoxy groups -OCH3 is 1. The van der Waals surface area contributed by atoms with Gasteiger partial charge in [0.1, 0.15) is 0 Å². The topological polar surface area (TPSA) is 84.0 Å². The van der Waals surface area contributed by atoms with Crippen LogP contribution in [0.1, 0.15) is 36.8 Å². The normalized spacial score (nSPS) is 24.9. The minimum atomic E-state index is -3.62. The molecule has 3 aliphatic rings. The molecule has 1 saturated heterocycles. The molecule has 2 heterocycles. The molecule has 0 aromatic heterocycles. The molecule has 1 aromatic carbocycles. The summed E-state index contributed by atoms with van der Waals surface area (Å²) in [6.07, 6.45) is 3.71. The SMILES string of the molecule is COCC1CCCN1S(=O)(=O)c1ccc2c(c1)CN(S(=O)(=O)C1CC1)CC2. The van der Waals surface area contributed by atoms with Crippen LogP contribution in [0.25, 0.3) is 0 Å².